The molecule has 8 heteroatoms. The molecular formula is C13H12BF3KNOS. The fraction of sp³-hybridized carbons (Fsp3) is 0.154. The average molecular weight is 337 g/mol. The number of hydrogen-bond acceptors (Lipinski definition) is 2. The van der Waals surface area contributed by atoms with E-state index in [1.54, 1.807) is 23.6 Å². The van der Waals surface area contributed by atoms with Crippen LogP contribution in [0.2, 0.25) is 0 Å². The Morgan fingerprint density at radius 3 is 2.33 bits per heavy atom. The Hall–Kier alpha value is -0.119. The number of halogens is 3. The number of rotatable bonds is 5. The fourth-order valence-electron chi connectivity index (χ4n) is 1.85. The Bertz CT molecular complexity index is 563. The van der Waals surface area contributed by atoms with Gasteiger partial charge in [0.2, 0.25) is 5.91 Å². The van der Waals surface area contributed by atoms with E-state index in [0.29, 0.717) is 0 Å². The first-order valence-electron chi connectivity index (χ1n) is 6.03. The van der Waals surface area contributed by atoms with Crippen LogP contribution in [0.4, 0.5) is 12.9 Å². The molecule has 2 nitrogen and oxygen atoms in total. The fourth-order valence-corrected chi connectivity index (χ4v) is 2.56. The second-order valence-corrected chi connectivity index (χ2v) is 5.37. The molecule has 0 aliphatic rings. The number of thiophene rings is 1. The van der Waals surface area contributed by atoms with Gasteiger partial charge in [0.25, 0.3) is 0 Å². The van der Waals surface area contributed by atoms with Crippen molar-refractivity contribution in [2.75, 3.05) is 0 Å². The van der Waals surface area contributed by atoms with Crippen molar-refractivity contribution in [2.45, 2.75) is 12.4 Å². The molecule has 0 bridgehead atoms. The van der Waals surface area contributed by atoms with Crippen LogP contribution in [0.15, 0.2) is 47.8 Å². The quantitative estimate of drug-likeness (QED) is 0.793. The van der Waals surface area contributed by atoms with Gasteiger partial charge in [0, 0.05) is 10.8 Å². The van der Waals surface area contributed by atoms with Crippen molar-refractivity contribution in [3.05, 3.63) is 58.3 Å². The van der Waals surface area contributed by atoms with Gasteiger partial charge in [0.05, 0.1) is 6.42 Å². The van der Waals surface area contributed by atoms with E-state index in [4.69, 9.17) is 0 Å². The third kappa shape index (κ3) is 5.88. The maximum absolute atomic E-state index is 13.1. The van der Waals surface area contributed by atoms with Gasteiger partial charge in [0.15, 0.2) is 0 Å². The SMILES string of the molecule is O=C(Cc1cccs1)N[C@@H](c1ccccc1)[B-](F)(F)F.[K+]. The summed E-state index contributed by atoms with van der Waals surface area (Å²) >= 11 is 1.34. The zero-order valence-corrected chi connectivity index (χ0v) is 15.4. The number of nitrogens with one attached hydrogen (secondary N) is 1. The van der Waals surface area contributed by atoms with Gasteiger partial charge in [-0.3, -0.25) is 4.79 Å². The normalized spacial score (nSPS) is 12.3. The standard InChI is InChI=1S/C13H12BF3NOS.K/c15-14(16,17)13(10-5-2-1-3-6-10)18-12(19)9-11-7-4-8-20-11;/h1-8,13H,9H2,(H,18,19);/q-1;+1/t13-;/m0./s1. The minimum absolute atomic E-state index is 0. The molecule has 2 aromatic rings. The van der Waals surface area contributed by atoms with Gasteiger partial charge >= 0.3 is 58.4 Å². The molecule has 0 saturated heterocycles. The van der Waals surface area contributed by atoms with E-state index < -0.39 is 18.8 Å². The van der Waals surface area contributed by atoms with Gasteiger partial charge in [0.1, 0.15) is 0 Å². The Kier molecular flexibility index (Phi) is 7.66. The molecule has 0 aliphatic heterocycles. The number of amides is 1. The first kappa shape index (κ1) is 18.9. The van der Waals surface area contributed by atoms with Crippen molar-refractivity contribution in [1.82, 2.24) is 5.32 Å². The van der Waals surface area contributed by atoms with E-state index in [1.807, 2.05) is 0 Å². The van der Waals surface area contributed by atoms with Crippen molar-refractivity contribution in [3.8, 4) is 0 Å². The molecular weight excluding hydrogens is 325 g/mol. The Morgan fingerprint density at radius 1 is 1.14 bits per heavy atom. The van der Waals surface area contributed by atoms with Crippen molar-refractivity contribution in [2.24, 2.45) is 0 Å². The largest absolute Gasteiger partial charge is 1.00 e. The maximum Gasteiger partial charge on any atom is 1.00 e. The van der Waals surface area contributed by atoms with Crippen molar-refractivity contribution < 1.29 is 69.1 Å². The van der Waals surface area contributed by atoms with Crippen LogP contribution >= 0.6 is 11.3 Å². The molecule has 1 aromatic carbocycles. The minimum atomic E-state index is -5.20. The summed E-state index contributed by atoms with van der Waals surface area (Å²) < 4.78 is 39.3. The number of hydrogen-bond donors (Lipinski definition) is 1. The summed E-state index contributed by atoms with van der Waals surface area (Å²) in [7, 11) is 0. The van der Waals surface area contributed by atoms with Crippen molar-refractivity contribution in [3.63, 3.8) is 0 Å². The topological polar surface area (TPSA) is 29.1 Å². The molecule has 0 unspecified atom stereocenters. The van der Waals surface area contributed by atoms with E-state index in [1.165, 1.54) is 35.6 Å². The number of carbonyl (C=O) groups excluding carboxylic acids is 1. The minimum Gasteiger partial charge on any atom is -0.447 e. The molecule has 106 valence electrons. The van der Waals surface area contributed by atoms with Crippen LogP contribution in [-0.4, -0.2) is 12.9 Å². The first-order valence-corrected chi connectivity index (χ1v) is 6.91. The second-order valence-electron chi connectivity index (χ2n) is 4.34. The van der Waals surface area contributed by atoms with E-state index in [9.17, 15) is 17.7 Å². The van der Waals surface area contributed by atoms with E-state index >= 15 is 0 Å². The smallest absolute Gasteiger partial charge is 0.447 e. The predicted molar refractivity (Wildman–Crippen MR) is 74.4 cm³/mol. The van der Waals surface area contributed by atoms with Crippen LogP contribution in [0.25, 0.3) is 0 Å². The Morgan fingerprint density at radius 2 is 1.81 bits per heavy atom. The maximum atomic E-state index is 13.1. The molecule has 0 spiro atoms. The van der Waals surface area contributed by atoms with Crippen LogP contribution in [0.5, 0.6) is 0 Å². The molecule has 1 atom stereocenters. The van der Waals surface area contributed by atoms with Gasteiger partial charge in [-0.1, -0.05) is 42.0 Å². The summed E-state index contributed by atoms with van der Waals surface area (Å²) in [4.78, 5) is 12.5. The van der Waals surface area contributed by atoms with E-state index in [2.05, 4.69) is 5.32 Å². The summed E-state index contributed by atoms with van der Waals surface area (Å²) in [6, 6.07) is 10.9. The van der Waals surface area contributed by atoms with E-state index in [0.717, 1.165) is 4.88 Å². The van der Waals surface area contributed by atoms with Gasteiger partial charge < -0.3 is 18.3 Å². The zero-order valence-electron chi connectivity index (χ0n) is 11.4. The monoisotopic (exact) mass is 337 g/mol. The van der Waals surface area contributed by atoms with Gasteiger partial charge in [-0.2, -0.15) is 0 Å². The molecule has 1 aromatic heterocycles. The third-order valence-electron chi connectivity index (χ3n) is 2.77. The molecule has 2 rings (SSSR count). The van der Waals surface area contributed by atoms with Gasteiger partial charge in [-0.05, 0) is 11.4 Å². The second kappa shape index (κ2) is 8.50. The summed E-state index contributed by atoms with van der Waals surface area (Å²) in [5.74, 6) is -2.54. The molecule has 0 fully saturated rings. The summed E-state index contributed by atoms with van der Waals surface area (Å²) in [5, 5.41) is 3.86. The molecule has 0 radical (unpaired) electrons. The van der Waals surface area contributed by atoms with Crippen LogP contribution in [0.3, 0.4) is 0 Å². The third-order valence-corrected chi connectivity index (χ3v) is 3.64. The number of benzene rings is 1. The molecule has 1 amide bonds. The zero-order chi connectivity index (χ0) is 14.6. The molecule has 0 saturated carbocycles. The van der Waals surface area contributed by atoms with Crippen molar-refractivity contribution >= 4 is 24.2 Å². The summed E-state index contributed by atoms with van der Waals surface area (Å²) in [5.41, 5.74) is 0.0551. The van der Waals surface area contributed by atoms with E-state index in [-0.39, 0.29) is 63.4 Å². The average Bonchev–Trinajstić information content (AvgIpc) is 2.88. The summed E-state index contributed by atoms with van der Waals surface area (Å²) in [6.45, 7) is -5.20. The molecule has 0 aliphatic carbocycles. The Balaban J connectivity index is 0.00000220. The first-order chi connectivity index (χ1) is 9.47. The predicted octanol–water partition coefficient (Wildman–Crippen LogP) is 0.539. The van der Waals surface area contributed by atoms with Crippen LogP contribution in [0.1, 0.15) is 16.4 Å². The molecule has 1 heterocycles. The van der Waals surface area contributed by atoms with Crippen molar-refractivity contribution in [1.29, 1.82) is 0 Å². The van der Waals surface area contributed by atoms with Crippen LogP contribution in [-0.2, 0) is 11.2 Å². The molecule has 21 heavy (non-hydrogen) atoms. The van der Waals surface area contributed by atoms with Crippen LogP contribution in [0, 0.1) is 0 Å². The molecule has 1 N–H and O–H groups in total. The number of carbonyl (C=O) groups is 1. The Labute approximate surface area is 167 Å². The summed E-state index contributed by atoms with van der Waals surface area (Å²) in [6.07, 6.45) is -0.0346. The van der Waals surface area contributed by atoms with Gasteiger partial charge in [-0.25, -0.2) is 0 Å². The van der Waals surface area contributed by atoms with Gasteiger partial charge in [-0.15, -0.1) is 11.3 Å². The van der Waals surface area contributed by atoms with Crippen LogP contribution < -0.4 is 56.7 Å².